The van der Waals surface area contributed by atoms with Gasteiger partial charge in [-0.2, -0.15) is 21.0 Å². The van der Waals surface area contributed by atoms with E-state index in [0.29, 0.717) is 73.2 Å². The molecule has 7 aromatic carbocycles. The number of fused-ring (bicyclic) bond motifs is 3. The number of anilines is 1. The van der Waals surface area contributed by atoms with Crippen LogP contribution in [0.25, 0.3) is 60.9 Å². The second-order valence-corrected chi connectivity index (χ2v) is 13.4. The Hall–Kier alpha value is -8.56. The van der Waals surface area contributed by atoms with Crippen LogP contribution in [-0.2, 0) is 0 Å². The first kappa shape index (κ1) is 35.5. The quantitative estimate of drug-likeness (QED) is 0.150. The van der Waals surface area contributed by atoms with Crippen molar-refractivity contribution in [2.75, 3.05) is 11.9 Å². The third kappa shape index (κ3) is 6.13. The summed E-state index contributed by atoms with van der Waals surface area (Å²) < 4.78 is 1.94. The topological polar surface area (TPSA) is 137 Å². The van der Waals surface area contributed by atoms with Gasteiger partial charge in [-0.15, -0.1) is 0 Å². The van der Waals surface area contributed by atoms with E-state index in [1.54, 1.807) is 66.5 Å². The lowest BCUT2D eigenvalue weighted by Crippen LogP contribution is -2.29. The summed E-state index contributed by atoms with van der Waals surface area (Å²) in [6.07, 6.45) is 0.685. The van der Waals surface area contributed by atoms with Gasteiger partial charge in [0.25, 0.3) is 5.91 Å². The molecule has 1 aromatic heterocycles. The lowest BCUT2D eigenvalue weighted by Gasteiger charge is -2.24. The van der Waals surface area contributed by atoms with Crippen LogP contribution >= 0.6 is 0 Å². The van der Waals surface area contributed by atoms with E-state index in [9.17, 15) is 30.6 Å². The summed E-state index contributed by atoms with van der Waals surface area (Å²) in [5, 5.41) is 40.9. The van der Waals surface area contributed by atoms with Crippen LogP contribution < -0.4 is 4.90 Å². The van der Waals surface area contributed by atoms with Gasteiger partial charge >= 0.3 is 0 Å². The van der Waals surface area contributed by atoms with Crippen LogP contribution in [0.3, 0.4) is 0 Å². The van der Waals surface area contributed by atoms with Crippen LogP contribution in [0.5, 0.6) is 0 Å². The first-order valence-electron chi connectivity index (χ1n) is 17.9. The number of carbonyl (C=O) groups is 2. The zero-order valence-electron chi connectivity index (χ0n) is 30.4. The number of benzene rings is 7. The maximum atomic E-state index is 15.0. The molecule has 0 bridgehead atoms. The van der Waals surface area contributed by atoms with Crippen molar-refractivity contribution in [2.24, 2.45) is 0 Å². The van der Waals surface area contributed by atoms with Gasteiger partial charge in [-0.05, 0) is 76.3 Å². The lowest BCUT2D eigenvalue weighted by molar-refractivity contribution is 0.0986. The van der Waals surface area contributed by atoms with Crippen LogP contribution in [0.15, 0.2) is 146 Å². The molecule has 8 aromatic rings. The average molecular weight is 733 g/mol. The van der Waals surface area contributed by atoms with Gasteiger partial charge in [0.1, 0.15) is 0 Å². The van der Waals surface area contributed by atoms with Crippen LogP contribution in [0.1, 0.15) is 43.0 Å². The van der Waals surface area contributed by atoms with Crippen molar-refractivity contribution < 1.29 is 9.59 Å². The molecule has 0 atom stereocenters. The van der Waals surface area contributed by atoms with Crippen LogP contribution in [0.2, 0.25) is 0 Å². The molecule has 8 heteroatoms. The summed E-state index contributed by atoms with van der Waals surface area (Å²) >= 11 is 0. The van der Waals surface area contributed by atoms with Gasteiger partial charge in [-0.3, -0.25) is 9.59 Å². The summed E-state index contributed by atoms with van der Waals surface area (Å²) in [6, 6.07) is 52.7. The predicted molar refractivity (Wildman–Crippen MR) is 221 cm³/mol. The number of nitrogens with zero attached hydrogens (tertiary/aromatic N) is 6. The van der Waals surface area contributed by atoms with Gasteiger partial charge < -0.3 is 9.47 Å². The van der Waals surface area contributed by atoms with E-state index < -0.39 is 5.91 Å². The molecule has 0 saturated carbocycles. The highest BCUT2D eigenvalue weighted by molar-refractivity contribution is 6.16. The summed E-state index contributed by atoms with van der Waals surface area (Å²) in [6.45, 7) is 0. The molecule has 0 aliphatic carbocycles. The lowest BCUT2D eigenvalue weighted by atomic mass is 9.96. The number of nitriles is 4. The second-order valence-electron chi connectivity index (χ2n) is 13.4. The molecule has 0 aliphatic heterocycles. The Balaban J connectivity index is 1.42. The maximum absolute atomic E-state index is 15.0. The zero-order chi connectivity index (χ0) is 39.6. The molecule has 0 aliphatic rings. The van der Waals surface area contributed by atoms with Crippen molar-refractivity contribution in [3.05, 3.63) is 179 Å². The molecule has 0 spiro atoms. The summed E-state index contributed by atoms with van der Waals surface area (Å²) in [7, 11) is 1.69. The molecule has 0 N–H and O–H groups in total. The fourth-order valence-corrected chi connectivity index (χ4v) is 7.51. The number of aromatic nitrogens is 1. The maximum Gasteiger partial charge on any atom is 0.260 e. The SMILES string of the molecule is CN(C(=O)c1c(C=O)cccc1-n1c2cc(-c3ccc(C#N)cc3C#N)ccc2c2ccc(-c3ccc(C#N)cc3C#N)cc21)c1ccccc1-c1ccccc1. The summed E-state index contributed by atoms with van der Waals surface area (Å²) in [4.78, 5) is 29.4. The van der Waals surface area contributed by atoms with E-state index in [1.165, 1.54) is 0 Å². The van der Waals surface area contributed by atoms with Crippen LogP contribution in [-0.4, -0.2) is 23.8 Å². The Bertz CT molecular complexity index is 3000. The van der Waals surface area contributed by atoms with Crippen molar-refractivity contribution in [1.29, 1.82) is 21.0 Å². The molecule has 1 amide bonds. The Kier molecular flexibility index (Phi) is 9.14. The minimum absolute atomic E-state index is 0.180. The molecule has 8 nitrogen and oxygen atoms in total. The van der Waals surface area contributed by atoms with Crippen molar-refractivity contribution >= 4 is 39.7 Å². The highest BCUT2D eigenvalue weighted by Crippen LogP contribution is 2.40. The van der Waals surface area contributed by atoms with E-state index in [0.717, 1.165) is 21.9 Å². The van der Waals surface area contributed by atoms with Crippen molar-refractivity contribution in [1.82, 2.24) is 4.57 Å². The average Bonchev–Trinajstić information content (AvgIpc) is 3.60. The fraction of sp³-hybridized carbons (Fsp3) is 0.0204. The monoisotopic (exact) mass is 732 g/mol. The van der Waals surface area contributed by atoms with Crippen LogP contribution in [0, 0.1) is 45.3 Å². The van der Waals surface area contributed by atoms with E-state index in [2.05, 4.69) is 24.3 Å². The zero-order valence-corrected chi connectivity index (χ0v) is 30.4. The molecular formula is C49H28N6O2. The van der Waals surface area contributed by atoms with Crippen molar-refractivity contribution in [3.63, 3.8) is 0 Å². The largest absolute Gasteiger partial charge is 0.311 e. The van der Waals surface area contributed by atoms with Gasteiger partial charge in [-0.1, -0.05) is 97.1 Å². The first-order valence-corrected chi connectivity index (χ1v) is 17.9. The number of rotatable bonds is 7. The van der Waals surface area contributed by atoms with Gasteiger partial charge in [0, 0.05) is 28.9 Å². The molecule has 8 rings (SSSR count). The number of hydrogen-bond donors (Lipinski definition) is 0. The summed E-state index contributed by atoms with van der Waals surface area (Å²) in [5.41, 5.74) is 8.71. The molecule has 0 fully saturated rings. The molecule has 0 saturated heterocycles. The Morgan fingerprint density at radius 1 is 0.561 bits per heavy atom. The molecule has 57 heavy (non-hydrogen) atoms. The molecule has 1 heterocycles. The first-order chi connectivity index (χ1) is 27.9. The minimum atomic E-state index is -0.406. The molecular weight excluding hydrogens is 705 g/mol. The van der Waals surface area contributed by atoms with Crippen molar-refractivity contribution in [3.8, 4) is 63.3 Å². The van der Waals surface area contributed by atoms with E-state index in [4.69, 9.17) is 0 Å². The van der Waals surface area contributed by atoms with Gasteiger partial charge in [0.15, 0.2) is 6.29 Å². The highest BCUT2D eigenvalue weighted by Gasteiger charge is 2.26. The number of para-hydroxylation sites is 1. The smallest absolute Gasteiger partial charge is 0.260 e. The number of carbonyl (C=O) groups excluding carboxylic acids is 2. The Morgan fingerprint density at radius 2 is 1.12 bits per heavy atom. The fourth-order valence-electron chi connectivity index (χ4n) is 7.51. The van der Waals surface area contributed by atoms with E-state index in [1.807, 2.05) is 95.6 Å². The predicted octanol–water partition coefficient (Wildman–Crippen LogP) is 10.4. The van der Waals surface area contributed by atoms with Crippen molar-refractivity contribution in [2.45, 2.75) is 0 Å². The third-order valence-electron chi connectivity index (χ3n) is 10.2. The minimum Gasteiger partial charge on any atom is -0.311 e. The third-order valence-corrected chi connectivity index (χ3v) is 10.2. The number of aldehydes is 1. The second kappa shape index (κ2) is 14.7. The molecule has 0 radical (unpaired) electrons. The molecule has 0 unspecified atom stereocenters. The van der Waals surface area contributed by atoms with Gasteiger partial charge in [-0.25, -0.2) is 0 Å². The molecule has 266 valence electrons. The summed E-state index contributed by atoms with van der Waals surface area (Å²) in [5.74, 6) is -0.406. The van der Waals surface area contributed by atoms with E-state index >= 15 is 0 Å². The van der Waals surface area contributed by atoms with Gasteiger partial charge in [0.05, 0.1) is 74.5 Å². The Labute approximate surface area is 328 Å². The Morgan fingerprint density at radius 3 is 1.67 bits per heavy atom. The van der Waals surface area contributed by atoms with E-state index in [-0.39, 0.29) is 11.1 Å². The number of amides is 1. The standard InChI is InChI=1S/C49H28N6O2/c1-54(44-12-6-5-11-41(44)33-8-3-2-4-9-33)49(57)48-36(30-56)10-7-13-45(48)55-46-24-34(39-18-14-31(26-50)22-37(39)28-52)16-20-42(46)43-21-17-35(25-47(43)55)40-19-15-32(27-51)23-38(40)29-53/h2-25,30H,1H3. The van der Waals surface area contributed by atoms with Crippen LogP contribution in [0.4, 0.5) is 5.69 Å². The highest BCUT2D eigenvalue weighted by atomic mass is 16.2. The van der Waals surface area contributed by atoms with Gasteiger partial charge in [0.2, 0.25) is 0 Å². The number of hydrogen-bond acceptors (Lipinski definition) is 6. The normalized spacial score (nSPS) is 10.6.